The number of thiocarbonyl (C=S) groups is 1. The van der Waals surface area contributed by atoms with Gasteiger partial charge in [0.2, 0.25) is 0 Å². The number of hydrogen-bond donors (Lipinski definition) is 1. The predicted molar refractivity (Wildman–Crippen MR) is 155 cm³/mol. The van der Waals surface area contributed by atoms with Gasteiger partial charge < -0.3 is 20.0 Å². The van der Waals surface area contributed by atoms with E-state index >= 15 is 0 Å². The Morgan fingerprint density at radius 1 is 1.09 bits per heavy atom. The molecule has 3 rings (SSSR count). The highest BCUT2D eigenvalue weighted by Gasteiger charge is 2.18. The minimum absolute atomic E-state index is 0.808. The van der Waals surface area contributed by atoms with Crippen molar-refractivity contribution in [1.82, 2.24) is 9.80 Å². The van der Waals surface area contributed by atoms with Gasteiger partial charge in [0.15, 0.2) is 5.11 Å². The zero-order valence-corrected chi connectivity index (χ0v) is 23.1. The van der Waals surface area contributed by atoms with Crippen molar-refractivity contribution in [3.05, 3.63) is 53.6 Å². The summed E-state index contributed by atoms with van der Waals surface area (Å²) in [5.74, 6) is 0. The second-order valence-electron chi connectivity index (χ2n) is 9.02. The lowest BCUT2D eigenvalue weighted by Gasteiger charge is -2.32. The van der Waals surface area contributed by atoms with E-state index in [0.717, 1.165) is 56.5 Å². The average molecular weight is 499 g/mol. The van der Waals surface area contributed by atoms with Crippen LogP contribution in [0.1, 0.15) is 51.2 Å². The molecular weight excluding hydrogens is 456 g/mol. The molecule has 0 amide bonds. The molecule has 186 valence electrons. The summed E-state index contributed by atoms with van der Waals surface area (Å²) >= 11 is 7.69. The van der Waals surface area contributed by atoms with Crippen LogP contribution in [-0.4, -0.2) is 60.4 Å². The topological polar surface area (TPSA) is 21.8 Å². The first kappa shape index (κ1) is 26.8. The molecular formula is C28H42N4S2. The van der Waals surface area contributed by atoms with Crippen molar-refractivity contribution < 1.29 is 0 Å². The van der Waals surface area contributed by atoms with E-state index in [-0.39, 0.29) is 0 Å². The average Bonchev–Trinajstić information content (AvgIpc) is 2.86. The Morgan fingerprint density at radius 3 is 2.65 bits per heavy atom. The summed E-state index contributed by atoms with van der Waals surface area (Å²) in [6, 6.07) is 15.6. The van der Waals surface area contributed by atoms with Gasteiger partial charge in [0.25, 0.3) is 0 Å². The fourth-order valence-corrected chi connectivity index (χ4v) is 5.46. The van der Waals surface area contributed by atoms with Crippen LogP contribution in [-0.2, 0) is 13.0 Å². The van der Waals surface area contributed by atoms with Gasteiger partial charge in [-0.15, -0.1) is 11.8 Å². The molecule has 4 nitrogen and oxygen atoms in total. The molecule has 2 aromatic carbocycles. The van der Waals surface area contributed by atoms with Gasteiger partial charge in [0.1, 0.15) is 0 Å². The van der Waals surface area contributed by atoms with Crippen LogP contribution in [0.25, 0.3) is 0 Å². The Kier molecular flexibility index (Phi) is 11.0. The van der Waals surface area contributed by atoms with E-state index in [1.807, 2.05) is 0 Å². The van der Waals surface area contributed by atoms with Gasteiger partial charge in [0.05, 0.1) is 0 Å². The first-order valence-electron chi connectivity index (χ1n) is 12.9. The first-order valence-corrected chi connectivity index (χ1v) is 14.5. The van der Waals surface area contributed by atoms with Crippen molar-refractivity contribution in [2.75, 3.05) is 55.7 Å². The van der Waals surface area contributed by atoms with E-state index < -0.39 is 0 Å². The molecule has 0 atom stereocenters. The zero-order chi connectivity index (χ0) is 24.3. The summed E-state index contributed by atoms with van der Waals surface area (Å²) in [5, 5.41) is 4.32. The maximum absolute atomic E-state index is 5.93. The molecule has 1 N–H and O–H groups in total. The van der Waals surface area contributed by atoms with E-state index in [0.29, 0.717) is 0 Å². The third-order valence-electron chi connectivity index (χ3n) is 6.63. The number of nitrogens with zero attached hydrogens (tertiary/aromatic N) is 3. The summed E-state index contributed by atoms with van der Waals surface area (Å²) in [5.41, 5.74) is 5.33. The third kappa shape index (κ3) is 7.62. The van der Waals surface area contributed by atoms with E-state index in [9.17, 15) is 0 Å². The number of fused-ring (bicyclic) bond motifs is 1. The monoisotopic (exact) mass is 498 g/mol. The number of aryl methyl sites for hydroxylation is 1. The van der Waals surface area contributed by atoms with Gasteiger partial charge in [-0.05, 0) is 99.2 Å². The molecule has 0 unspecified atom stereocenters. The van der Waals surface area contributed by atoms with Crippen LogP contribution >= 0.6 is 24.0 Å². The highest BCUT2D eigenvalue weighted by Crippen LogP contribution is 2.29. The minimum atomic E-state index is 0.808. The molecule has 1 heterocycles. The molecule has 0 saturated carbocycles. The van der Waals surface area contributed by atoms with E-state index in [1.54, 1.807) is 11.8 Å². The predicted octanol–water partition coefficient (Wildman–Crippen LogP) is 6.50. The second-order valence-corrected chi connectivity index (χ2v) is 10.3. The standard InChI is InChI=1S/C28H42N4S2/c1-5-16-31-18-9-11-24-20-23(14-15-27(24)31)22-32(19-10-17-30(6-2)7-3)28(33)29-25-12-8-13-26(21-25)34-4/h8,12-15,20-21H,5-7,9-11,16-19,22H2,1-4H3,(H,29,33). The Labute approximate surface area is 217 Å². The van der Waals surface area contributed by atoms with Crippen LogP contribution in [0, 0.1) is 0 Å². The number of rotatable bonds is 12. The molecule has 0 radical (unpaired) electrons. The highest BCUT2D eigenvalue weighted by atomic mass is 32.2. The van der Waals surface area contributed by atoms with E-state index in [1.165, 1.54) is 47.5 Å². The lowest BCUT2D eigenvalue weighted by atomic mass is 9.99. The Bertz CT molecular complexity index is 913. The number of benzene rings is 2. The Hall–Kier alpha value is -1.76. The third-order valence-corrected chi connectivity index (χ3v) is 7.72. The van der Waals surface area contributed by atoms with E-state index in [4.69, 9.17) is 12.2 Å². The number of hydrogen-bond acceptors (Lipinski definition) is 4. The molecule has 0 spiro atoms. The number of thioether (sulfide) groups is 1. The Balaban J connectivity index is 1.74. The van der Waals surface area contributed by atoms with Gasteiger partial charge in [0, 0.05) is 42.4 Å². The van der Waals surface area contributed by atoms with E-state index in [2.05, 4.69) is 89.5 Å². The van der Waals surface area contributed by atoms with Crippen molar-refractivity contribution in [3.63, 3.8) is 0 Å². The van der Waals surface area contributed by atoms with Gasteiger partial charge >= 0.3 is 0 Å². The van der Waals surface area contributed by atoms with Crippen molar-refractivity contribution in [3.8, 4) is 0 Å². The SMILES string of the molecule is CCCN1CCCc2cc(CN(CCCN(CC)CC)C(=S)Nc3cccc(SC)c3)ccc21. The zero-order valence-electron chi connectivity index (χ0n) is 21.5. The number of anilines is 2. The van der Waals surface area contributed by atoms with Crippen LogP contribution in [0.2, 0.25) is 0 Å². The fourth-order valence-electron chi connectivity index (χ4n) is 4.73. The largest absolute Gasteiger partial charge is 0.371 e. The quantitative estimate of drug-likeness (QED) is 0.264. The smallest absolute Gasteiger partial charge is 0.173 e. The maximum atomic E-state index is 5.93. The van der Waals surface area contributed by atoms with Crippen LogP contribution in [0.15, 0.2) is 47.4 Å². The molecule has 0 aliphatic carbocycles. The molecule has 6 heteroatoms. The lowest BCUT2D eigenvalue weighted by molar-refractivity contribution is 0.281. The molecule has 1 aliphatic rings. The highest BCUT2D eigenvalue weighted by molar-refractivity contribution is 7.98. The fraction of sp³-hybridized carbons (Fsp3) is 0.536. The van der Waals surface area contributed by atoms with Gasteiger partial charge in [-0.25, -0.2) is 0 Å². The molecule has 0 bridgehead atoms. The number of nitrogens with one attached hydrogen (secondary N) is 1. The van der Waals surface area contributed by atoms with Crippen LogP contribution < -0.4 is 10.2 Å². The van der Waals surface area contributed by atoms with Crippen molar-refractivity contribution in [1.29, 1.82) is 0 Å². The lowest BCUT2D eigenvalue weighted by Crippen LogP contribution is -2.37. The maximum Gasteiger partial charge on any atom is 0.173 e. The molecule has 0 saturated heterocycles. The molecule has 1 aliphatic heterocycles. The van der Waals surface area contributed by atoms with Gasteiger partial charge in [-0.1, -0.05) is 39.0 Å². The van der Waals surface area contributed by atoms with Gasteiger partial charge in [-0.3, -0.25) is 0 Å². The summed E-state index contributed by atoms with van der Waals surface area (Å²) in [7, 11) is 0. The van der Waals surface area contributed by atoms with Gasteiger partial charge in [-0.2, -0.15) is 0 Å². The van der Waals surface area contributed by atoms with Crippen LogP contribution in [0.3, 0.4) is 0 Å². The summed E-state index contributed by atoms with van der Waals surface area (Å²) in [4.78, 5) is 8.62. The molecule has 0 fully saturated rings. The molecule has 0 aromatic heterocycles. The van der Waals surface area contributed by atoms with Crippen molar-refractivity contribution in [2.45, 2.75) is 57.9 Å². The summed E-state index contributed by atoms with van der Waals surface area (Å²) in [6.45, 7) is 14.2. The van der Waals surface area contributed by atoms with Crippen molar-refractivity contribution in [2.24, 2.45) is 0 Å². The summed E-state index contributed by atoms with van der Waals surface area (Å²) in [6.07, 6.45) is 6.82. The second kappa shape index (κ2) is 14.0. The van der Waals surface area contributed by atoms with Crippen LogP contribution in [0.5, 0.6) is 0 Å². The van der Waals surface area contributed by atoms with Crippen LogP contribution in [0.4, 0.5) is 11.4 Å². The summed E-state index contributed by atoms with van der Waals surface area (Å²) < 4.78 is 0. The van der Waals surface area contributed by atoms with Crippen molar-refractivity contribution >= 4 is 40.5 Å². The molecule has 34 heavy (non-hydrogen) atoms. The first-order chi connectivity index (χ1) is 16.6. The Morgan fingerprint density at radius 2 is 1.91 bits per heavy atom. The normalized spacial score (nSPS) is 13.1. The minimum Gasteiger partial charge on any atom is -0.371 e. The molecule has 2 aromatic rings.